The normalized spacial score (nSPS) is 28.3. The highest BCUT2D eigenvalue weighted by molar-refractivity contribution is 9.09. The third-order valence-corrected chi connectivity index (χ3v) is 9.04. The maximum absolute atomic E-state index is 14.3. The summed E-state index contributed by atoms with van der Waals surface area (Å²) in [6.07, 6.45) is 8.60. The van der Waals surface area contributed by atoms with Crippen LogP contribution in [0.1, 0.15) is 57.4 Å². The Morgan fingerprint density at radius 3 is 2.69 bits per heavy atom. The Balaban J connectivity index is 1.65. The number of anilines is 1. The van der Waals surface area contributed by atoms with E-state index in [2.05, 4.69) is 50.9 Å². The van der Waals surface area contributed by atoms with Gasteiger partial charge < -0.3 is 14.4 Å². The Hall–Kier alpha value is -1.86. The number of halogens is 1. The molecule has 6 nitrogen and oxygen atoms in total. The fourth-order valence-corrected chi connectivity index (χ4v) is 7.16. The largest absolute Gasteiger partial charge is 0.504 e. The second-order valence-electron chi connectivity index (χ2n) is 10.1. The molecular weight excluding hydrogens is 508 g/mol. The predicted molar refractivity (Wildman–Crippen MR) is 142 cm³/mol. The molecule has 1 aromatic carbocycles. The molecule has 2 saturated heterocycles. The molecule has 35 heavy (non-hydrogen) atoms. The van der Waals surface area contributed by atoms with Crippen molar-refractivity contribution in [3.05, 3.63) is 41.7 Å². The average molecular weight is 548 g/mol. The van der Waals surface area contributed by atoms with Gasteiger partial charge in [0.2, 0.25) is 5.91 Å². The van der Waals surface area contributed by atoms with E-state index in [4.69, 9.17) is 9.47 Å². The summed E-state index contributed by atoms with van der Waals surface area (Å²) < 4.78 is 10.4. The first-order valence-electron chi connectivity index (χ1n) is 13.1. The number of hydrogen-bond acceptors (Lipinski definition) is 5. The van der Waals surface area contributed by atoms with Crippen LogP contribution in [0.15, 0.2) is 36.1 Å². The Morgan fingerprint density at radius 1 is 1.20 bits per heavy atom. The maximum Gasteiger partial charge on any atom is 0.337 e. The van der Waals surface area contributed by atoms with Crippen LogP contribution in [0.5, 0.6) is 0 Å². The molecule has 0 radical (unpaired) electrons. The SMILES string of the molecule is CC[C@H]1CN2CC[C@]3(C(=O)N(CCCCCCBr)c4ccccc43)C2C[C@@H]1/C(=C\OC)C(=O)OC. The number of esters is 1. The van der Waals surface area contributed by atoms with E-state index >= 15 is 0 Å². The smallest absolute Gasteiger partial charge is 0.337 e. The van der Waals surface area contributed by atoms with Crippen molar-refractivity contribution < 1.29 is 19.1 Å². The van der Waals surface area contributed by atoms with E-state index in [-0.39, 0.29) is 23.8 Å². The number of carbonyl (C=O) groups is 2. The molecule has 1 spiro atoms. The quantitative estimate of drug-likeness (QED) is 0.135. The van der Waals surface area contributed by atoms with Gasteiger partial charge in [0.25, 0.3) is 0 Å². The van der Waals surface area contributed by atoms with Gasteiger partial charge in [-0.3, -0.25) is 9.69 Å². The summed E-state index contributed by atoms with van der Waals surface area (Å²) in [7, 11) is 2.99. The zero-order chi connectivity index (χ0) is 25.0. The fraction of sp³-hybridized carbons (Fsp3) is 0.643. The van der Waals surface area contributed by atoms with E-state index in [1.165, 1.54) is 25.5 Å². The third-order valence-electron chi connectivity index (χ3n) is 8.48. The molecule has 0 aromatic heterocycles. The summed E-state index contributed by atoms with van der Waals surface area (Å²) in [6, 6.07) is 8.45. The number of ether oxygens (including phenoxy) is 2. The average Bonchev–Trinajstić information content (AvgIpc) is 3.37. The fourth-order valence-electron chi connectivity index (χ4n) is 6.77. The van der Waals surface area contributed by atoms with Gasteiger partial charge in [0.05, 0.1) is 31.5 Å². The molecule has 1 amide bonds. The number of benzene rings is 1. The second-order valence-corrected chi connectivity index (χ2v) is 10.9. The van der Waals surface area contributed by atoms with E-state index < -0.39 is 5.41 Å². The Bertz CT molecular complexity index is 951. The van der Waals surface area contributed by atoms with Gasteiger partial charge in [-0.05, 0) is 55.7 Å². The molecule has 3 aliphatic heterocycles. The second kappa shape index (κ2) is 11.5. The molecule has 3 heterocycles. The van der Waals surface area contributed by atoms with Gasteiger partial charge in [-0.15, -0.1) is 0 Å². The molecule has 0 saturated carbocycles. The number of hydrogen-bond donors (Lipinski definition) is 0. The summed E-state index contributed by atoms with van der Waals surface area (Å²) in [5, 5.41) is 1.03. The van der Waals surface area contributed by atoms with Crippen LogP contribution in [-0.4, -0.2) is 62.0 Å². The van der Waals surface area contributed by atoms with Crippen molar-refractivity contribution in [3.63, 3.8) is 0 Å². The van der Waals surface area contributed by atoms with Crippen molar-refractivity contribution in [3.8, 4) is 0 Å². The molecule has 192 valence electrons. The number of alkyl halides is 1. The number of piperidine rings is 1. The van der Waals surface area contributed by atoms with Crippen molar-refractivity contribution in [2.45, 2.75) is 63.3 Å². The Labute approximate surface area is 218 Å². The summed E-state index contributed by atoms with van der Waals surface area (Å²) in [4.78, 5) is 31.5. The first kappa shape index (κ1) is 26.2. The van der Waals surface area contributed by atoms with E-state index in [0.717, 1.165) is 62.8 Å². The lowest BCUT2D eigenvalue weighted by Crippen LogP contribution is -2.55. The number of rotatable bonds is 10. The van der Waals surface area contributed by atoms with Crippen LogP contribution in [0.3, 0.4) is 0 Å². The number of carbonyl (C=O) groups excluding carboxylic acids is 2. The molecule has 0 aliphatic carbocycles. The van der Waals surface area contributed by atoms with Gasteiger partial charge in [0.15, 0.2) is 0 Å². The molecule has 4 rings (SSSR count). The lowest BCUT2D eigenvalue weighted by atomic mass is 9.67. The van der Waals surface area contributed by atoms with E-state index in [1.807, 2.05) is 6.07 Å². The highest BCUT2D eigenvalue weighted by Gasteiger charge is 2.61. The first-order chi connectivity index (χ1) is 17.0. The minimum Gasteiger partial charge on any atom is -0.504 e. The van der Waals surface area contributed by atoms with Crippen molar-refractivity contribution in [1.29, 1.82) is 0 Å². The standard InChI is InChI=1S/C28H39BrN2O4/c1-4-20-18-30-16-13-28(25(30)17-21(20)22(19-34-2)26(32)35-3)23-11-7-8-12-24(23)31(27(28)33)15-10-6-5-9-14-29/h7-8,11-12,19-21,25H,4-6,9-10,13-18H2,1-3H3/b22-19+/t20-,21-,25?,28+/m0/s1. The van der Waals surface area contributed by atoms with E-state index in [9.17, 15) is 9.59 Å². The topological polar surface area (TPSA) is 59.1 Å². The summed E-state index contributed by atoms with van der Waals surface area (Å²) in [5.74, 6) is 0.232. The molecule has 2 fully saturated rings. The molecule has 0 bridgehead atoms. The van der Waals surface area contributed by atoms with Crippen LogP contribution >= 0.6 is 15.9 Å². The number of methoxy groups -OCH3 is 2. The van der Waals surface area contributed by atoms with Crippen LogP contribution in [0.25, 0.3) is 0 Å². The van der Waals surface area contributed by atoms with Crippen LogP contribution in [0, 0.1) is 11.8 Å². The number of fused-ring (bicyclic) bond motifs is 4. The first-order valence-corrected chi connectivity index (χ1v) is 14.2. The van der Waals surface area contributed by atoms with Gasteiger partial charge >= 0.3 is 5.97 Å². The molecule has 4 atom stereocenters. The van der Waals surface area contributed by atoms with Crippen LogP contribution in [0.2, 0.25) is 0 Å². The Kier molecular flexibility index (Phi) is 8.59. The molecule has 1 unspecified atom stereocenters. The van der Waals surface area contributed by atoms with Crippen molar-refractivity contribution in [1.82, 2.24) is 4.90 Å². The zero-order valence-electron chi connectivity index (χ0n) is 21.3. The number of nitrogens with zero attached hydrogens (tertiary/aromatic N) is 2. The van der Waals surface area contributed by atoms with Crippen molar-refractivity contribution >= 4 is 33.5 Å². The summed E-state index contributed by atoms with van der Waals surface area (Å²) >= 11 is 3.51. The molecule has 1 aromatic rings. The van der Waals surface area contributed by atoms with Gasteiger partial charge in [0.1, 0.15) is 0 Å². The number of amides is 1. The van der Waals surface area contributed by atoms with Crippen LogP contribution in [-0.2, 0) is 24.5 Å². The molecule has 7 heteroatoms. The van der Waals surface area contributed by atoms with Crippen LogP contribution in [0.4, 0.5) is 5.69 Å². The maximum atomic E-state index is 14.3. The molecule has 0 N–H and O–H groups in total. The van der Waals surface area contributed by atoms with E-state index in [1.54, 1.807) is 13.4 Å². The number of para-hydroxylation sites is 1. The highest BCUT2D eigenvalue weighted by Crippen LogP contribution is 2.55. The van der Waals surface area contributed by atoms with Crippen molar-refractivity contribution in [2.75, 3.05) is 44.1 Å². The molecular formula is C28H39BrN2O4. The van der Waals surface area contributed by atoms with Gasteiger partial charge in [-0.2, -0.15) is 0 Å². The molecule has 3 aliphatic rings. The van der Waals surface area contributed by atoms with Crippen molar-refractivity contribution in [2.24, 2.45) is 11.8 Å². The summed E-state index contributed by atoms with van der Waals surface area (Å²) in [5.41, 5.74) is 2.29. The van der Waals surface area contributed by atoms with Crippen LogP contribution < -0.4 is 4.90 Å². The minimum absolute atomic E-state index is 0.00175. The lowest BCUT2D eigenvalue weighted by molar-refractivity contribution is -0.137. The highest BCUT2D eigenvalue weighted by atomic mass is 79.9. The van der Waals surface area contributed by atoms with Gasteiger partial charge in [-0.25, -0.2) is 4.79 Å². The summed E-state index contributed by atoms with van der Waals surface area (Å²) in [6.45, 7) is 4.74. The van der Waals surface area contributed by atoms with Gasteiger partial charge in [-0.1, -0.05) is 60.3 Å². The Morgan fingerprint density at radius 2 is 1.97 bits per heavy atom. The third kappa shape index (κ3) is 4.66. The zero-order valence-corrected chi connectivity index (χ0v) is 22.9. The van der Waals surface area contributed by atoms with Gasteiger partial charge in [0, 0.05) is 30.1 Å². The minimum atomic E-state index is -0.544. The number of unbranched alkanes of at least 4 members (excludes halogenated alkanes) is 3. The predicted octanol–water partition coefficient (Wildman–Crippen LogP) is 5.05. The monoisotopic (exact) mass is 546 g/mol. The lowest BCUT2D eigenvalue weighted by Gasteiger charge is -2.45. The van der Waals surface area contributed by atoms with E-state index in [0.29, 0.717) is 11.5 Å².